The molecule has 2 aliphatic heterocycles. The fourth-order valence-corrected chi connectivity index (χ4v) is 3.15. The first-order valence-electron chi connectivity index (χ1n) is 9.29. The molecule has 136 valence electrons. The van der Waals surface area contributed by atoms with Crippen molar-refractivity contribution in [1.82, 2.24) is 16.0 Å². The van der Waals surface area contributed by atoms with Crippen molar-refractivity contribution in [2.45, 2.75) is 31.9 Å². The van der Waals surface area contributed by atoms with E-state index in [4.69, 9.17) is 9.47 Å². The summed E-state index contributed by atoms with van der Waals surface area (Å²) in [6.07, 6.45) is 8.57. The minimum atomic E-state index is -0.0327. The third-order valence-corrected chi connectivity index (χ3v) is 4.54. The largest absolute Gasteiger partial charge is 0.486 e. The lowest BCUT2D eigenvalue weighted by molar-refractivity contribution is 0.0859. The Kier molecular flexibility index (Phi) is 7.36. The van der Waals surface area contributed by atoms with Gasteiger partial charge in [-0.25, -0.2) is 0 Å². The van der Waals surface area contributed by atoms with Gasteiger partial charge in [-0.15, -0.1) is 0 Å². The first-order chi connectivity index (χ1) is 12.4. The Labute approximate surface area is 150 Å². The molecule has 1 atom stereocenters. The van der Waals surface area contributed by atoms with E-state index in [0.717, 1.165) is 64.3 Å². The molecule has 5 heteroatoms. The molecule has 0 spiro atoms. The molecule has 1 unspecified atom stereocenters. The molecule has 1 aromatic carbocycles. The minimum absolute atomic E-state index is 0.0327. The Morgan fingerprint density at radius 3 is 2.60 bits per heavy atom. The SMILES string of the molecule is C1=COC2CNCCNCCNCc3ccccc3CCCC=C2O1. The second-order valence-electron chi connectivity index (χ2n) is 6.41. The van der Waals surface area contributed by atoms with Crippen molar-refractivity contribution < 1.29 is 9.47 Å². The third kappa shape index (κ3) is 5.88. The Morgan fingerprint density at radius 1 is 0.880 bits per heavy atom. The maximum absolute atomic E-state index is 5.70. The lowest BCUT2D eigenvalue weighted by Gasteiger charge is -2.23. The Hall–Kier alpha value is -1.82. The summed E-state index contributed by atoms with van der Waals surface area (Å²) in [5, 5.41) is 10.4. The zero-order valence-corrected chi connectivity index (χ0v) is 14.8. The van der Waals surface area contributed by atoms with E-state index in [1.807, 2.05) is 0 Å². The fraction of sp³-hybridized carbons (Fsp3) is 0.500. The predicted octanol–water partition coefficient (Wildman–Crippen LogP) is 2.06. The summed E-state index contributed by atoms with van der Waals surface area (Å²) in [5.41, 5.74) is 2.84. The number of hydrogen-bond donors (Lipinski definition) is 3. The number of ether oxygens (including phenoxy) is 2. The van der Waals surface area contributed by atoms with E-state index in [9.17, 15) is 0 Å². The van der Waals surface area contributed by atoms with Crippen LogP contribution >= 0.6 is 0 Å². The summed E-state index contributed by atoms with van der Waals surface area (Å²) in [4.78, 5) is 0. The van der Waals surface area contributed by atoms with Crippen molar-refractivity contribution in [3.63, 3.8) is 0 Å². The molecule has 0 bridgehead atoms. The molecule has 2 heterocycles. The quantitative estimate of drug-likeness (QED) is 0.673. The highest BCUT2D eigenvalue weighted by atomic mass is 16.6. The minimum Gasteiger partial charge on any atom is -0.486 e. The molecular formula is C20H29N3O2. The number of allylic oxidation sites excluding steroid dienone is 1. The molecule has 25 heavy (non-hydrogen) atoms. The average Bonchev–Trinajstić information content (AvgIpc) is 2.65. The van der Waals surface area contributed by atoms with E-state index < -0.39 is 0 Å². The predicted molar refractivity (Wildman–Crippen MR) is 100 cm³/mol. The van der Waals surface area contributed by atoms with Crippen LogP contribution in [-0.2, 0) is 22.4 Å². The molecule has 3 rings (SSSR count). The van der Waals surface area contributed by atoms with Crippen LogP contribution in [-0.4, -0.2) is 38.8 Å². The number of aryl methyl sites for hydroxylation is 1. The summed E-state index contributed by atoms with van der Waals surface area (Å²) in [5.74, 6) is 0.919. The van der Waals surface area contributed by atoms with E-state index >= 15 is 0 Å². The summed E-state index contributed by atoms with van der Waals surface area (Å²) in [7, 11) is 0. The molecule has 0 aliphatic carbocycles. The first kappa shape index (κ1) is 18.0. The van der Waals surface area contributed by atoms with Crippen LogP contribution in [0.1, 0.15) is 24.0 Å². The number of nitrogens with one attached hydrogen (secondary N) is 3. The Balaban J connectivity index is 1.63. The highest BCUT2D eigenvalue weighted by Gasteiger charge is 2.18. The third-order valence-electron chi connectivity index (χ3n) is 4.54. The molecule has 0 amide bonds. The van der Waals surface area contributed by atoms with E-state index in [1.165, 1.54) is 11.1 Å². The maximum atomic E-state index is 5.70. The van der Waals surface area contributed by atoms with Gasteiger partial charge in [0.25, 0.3) is 0 Å². The van der Waals surface area contributed by atoms with Gasteiger partial charge in [0.2, 0.25) is 0 Å². The van der Waals surface area contributed by atoms with E-state index in [-0.39, 0.29) is 6.10 Å². The number of hydrogen-bond acceptors (Lipinski definition) is 5. The first-order valence-corrected chi connectivity index (χ1v) is 9.29. The van der Waals surface area contributed by atoms with Gasteiger partial charge in [-0.05, 0) is 36.5 Å². The van der Waals surface area contributed by atoms with Gasteiger partial charge >= 0.3 is 0 Å². The van der Waals surface area contributed by atoms with Gasteiger partial charge in [0.15, 0.2) is 6.10 Å². The normalized spacial score (nSPS) is 23.2. The molecule has 1 aromatic rings. The molecule has 0 aromatic heterocycles. The van der Waals surface area contributed by atoms with Crippen molar-refractivity contribution in [2.24, 2.45) is 0 Å². The van der Waals surface area contributed by atoms with E-state index in [2.05, 4.69) is 46.3 Å². The molecule has 0 radical (unpaired) electrons. The van der Waals surface area contributed by atoms with Crippen LogP contribution < -0.4 is 16.0 Å². The van der Waals surface area contributed by atoms with Gasteiger partial charge in [-0.2, -0.15) is 0 Å². The lowest BCUT2D eigenvalue weighted by atomic mass is 10.0. The Morgan fingerprint density at radius 2 is 1.68 bits per heavy atom. The molecule has 0 saturated carbocycles. The molecular weight excluding hydrogens is 314 g/mol. The van der Waals surface area contributed by atoms with Crippen molar-refractivity contribution in [3.8, 4) is 0 Å². The van der Waals surface area contributed by atoms with Gasteiger partial charge in [-0.3, -0.25) is 0 Å². The van der Waals surface area contributed by atoms with Gasteiger partial charge in [0.1, 0.15) is 18.3 Å². The average molecular weight is 343 g/mol. The molecule has 0 saturated heterocycles. The molecule has 3 N–H and O–H groups in total. The maximum Gasteiger partial charge on any atom is 0.167 e. The van der Waals surface area contributed by atoms with Crippen LogP contribution in [0.15, 0.2) is 48.6 Å². The van der Waals surface area contributed by atoms with Gasteiger partial charge < -0.3 is 25.4 Å². The van der Waals surface area contributed by atoms with Gasteiger partial charge in [0.05, 0.1) is 0 Å². The van der Waals surface area contributed by atoms with Gasteiger partial charge in [0, 0.05) is 39.3 Å². The topological polar surface area (TPSA) is 54.5 Å². The van der Waals surface area contributed by atoms with Crippen molar-refractivity contribution in [2.75, 3.05) is 32.7 Å². The highest BCUT2D eigenvalue weighted by molar-refractivity contribution is 5.27. The van der Waals surface area contributed by atoms with Crippen LogP contribution in [0.2, 0.25) is 0 Å². The summed E-state index contributed by atoms with van der Waals surface area (Å²) >= 11 is 0. The highest BCUT2D eigenvalue weighted by Crippen LogP contribution is 2.17. The lowest BCUT2D eigenvalue weighted by Crippen LogP contribution is -2.37. The number of benzene rings is 1. The fourth-order valence-electron chi connectivity index (χ4n) is 3.15. The van der Waals surface area contributed by atoms with E-state index in [0.29, 0.717) is 0 Å². The van der Waals surface area contributed by atoms with Crippen LogP contribution in [0.3, 0.4) is 0 Å². The number of fused-ring (bicyclic) bond motifs is 2. The number of rotatable bonds is 0. The van der Waals surface area contributed by atoms with Crippen LogP contribution in [0.5, 0.6) is 0 Å². The standard InChI is InChI=1S/C20H29N3O2/c1-2-7-18-15-22-11-9-21-10-12-23-16-20-19(24-13-14-25-20)8-4-3-6-17(18)5-1/h1-2,5,7-8,13-14,20-23H,3-4,6,9-12,15-16H2. The second kappa shape index (κ2) is 10.2. The molecule has 2 aliphatic rings. The Bertz CT molecular complexity index is 586. The van der Waals surface area contributed by atoms with Crippen molar-refractivity contribution in [3.05, 3.63) is 59.8 Å². The summed E-state index contributed by atoms with van der Waals surface area (Å²) in [6, 6.07) is 8.72. The van der Waals surface area contributed by atoms with Crippen LogP contribution in [0.4, 0.5) is 0 Å². The second-order valence-corrected chi connectivity index (χ2v) is 6.41. The zero-order chi connectivity index (χ0) is 17.2. The van der Waals surface area contributed by atoms with Crippen molar-refractivity contribution in [1.29, 1.82) is 0 Å². The monoisotopic (exact) mass is 343 g/mol. The van der Waals surface area contributed by atoms with Gasteiger partial charge in [-0.1, -0.05) is 24.3 Å². The van der Waals surface area contributed by atoms with Crippen LogP contribution in [0.25, 0.3) is 0 Å². The molecule has 5 nitrogen and oxygen atoms in total. The zero-order valence-electron chi connectivity index (χ0n) is 14.8. The van der Waals surface area contributed by atoms with Crippen LogP contribution in [0, 0.1) is 0 Å². The summed E-state index contributed by atoms with van der Waals surface area (Å²) < 4.78 is 11.4. The molecule has 0 fully saturated rings. The summed E-state index contributed by atoms with van der Waals surface area (Å²) in [6.45, 7) is 5.51. The van der Waals surface area contributed by atoms with Crippen molar-refractivity contribution >= 4 is 0 Å². The van der Waals surface area contributed by atoms with E-state index in [1.54, 1.807) is 12.5 Å². The smallest absolute Gasteiger partial charge is 0.167 e.